The highest BCUT2D eigenvalue weighted by atomic mass is 28.3. The van der Waals surface area contributed by atoms with Crippen LogP contribution in [0.3, 0.4) is 0 Å². The van der Waals surface area contributed by atoms with Gasteiger partial charge in [-0.25, -0.2) is 9.37 Å². The molecule has 0 aliphatic rings. The molecule has 0 aliphatic heterocycles. The fourth-order valence-corrected chi connectivity index (χ4v) is 3.68. The molecular weight excluding hydrogens is 346 g/mol. The van der Waals surface area contributed by atoms with E-state index >= 15 is 0 Å². The van der Waals surface area contributed by atoms with Crippen molar-refractivity contribution in [1.29, 1.82) is 0 Å². The van der Waals surface area contributed by atoms with Crippen molar-refractivity contribution in [2.45, 2.75) is 32.4 Å². The Balaban J connectivity index is 1.95. The number of benzene rings is 1. The van der Waals surface area contributed by atoms with E-state index in [1.165, 1.54) is 6.07 Å². The maximum atomic E-state index is 14.3. The molecule has 1 aromatic carbocycles. The minimum atomic E-state index is -1.16. The summed E-state index contributed by atoms with van der Waals surface area (Å²) in [5.74, 6) is -0.273. The molecule has 2 heterocycles. The van der Waals surface area contributed by atoms with Crippen LogP contribution in [-0.4, -0.2) is 36.7 Å². The van der Waals surface area contributed by atoms with E-state index < -0.39 is 8.07 Å². The summed E-state index contributed by atoms with van der Waals surface area (Å²) in [5.41, 5.74) is 2.71. The monoisotopic (exact) mass is 370 g/mol. The lowest BCUT2D eigenvalue weighted by atomic mass is 9.95. The molecule has 2 aromatic heterocycles. The molecule has 7 heteroatoms. The topological polar surface area (TPSA) is 47.3 Å². The zero-order valence-corrected chi connectivity index (χ0v) is 16.5. The van der Waals surface area contributed by atoms with Gasteiger partial charge >= 0.3 is 7.48 Å². The minimum Gasteiger partial charge on any atom is -0.448 e. The van der Waals surface area contributed by atoms with Crippen molar-refractivity contribution in [2.24, 2.45) is 0 Å². The molecule has 136 valence electrons. The van der Waals surface area contributed by atoms with Gasteiger partial charge in [-0.3, -0.25) is 0 Å². The van der Waals surface area contributed by atoms with Gasteiger partial charge in [0, 0.05) is 37.4 Å². The third-order valence-electron chi connectivity index (χ3n) is 4.43. The number of hydrogen-bond donors (Lipinski definition) is 1. The maximum Gasteiger partial charge on any atom is 0.322 e. The molecule has 0 saturated heterocycles. The Morgan fingerprint density at radius 1 is 1.19 bits per heavy atom. The van der Waals surface area contributed by atoms with Crippen LogP contribution in [0.4, 0.5) is 4.39 Å². The normalized spacial score (nSPS) is 11.9. The standard InChI is InChI=1S/C19H24BFN2O2Si/c1-26(2,3)11-10-25-13-23-18(20-24)12-16-14(8-9-22-19(16)23)15-6-4-5-7-17(15)21/h4-9,12,20,24H,10-11,13H2,1-3H3. The number of hydrogen-bond acceptors (Lipinski definition) is 3. The van der Waals surface area contributed by atoms with Gasteiger partial charge in [-0.05, 0) is 29.8 Å². The SMILES string of the molecule is C[Si](C)(C)CCOCn1c(BO)cc2c(-c3ccccc3F)ccnc21. The molecule has 0 aliphatic carbocycles. The summed E-state index contributed by atoms with van der Waals surface area (Å²) in [6.07, 6.45) is 1.67. The Morgan fingerprint density at radius 3 is 2.65 bits per heavy atom. The predicted octanol–water partition coefficient (Wildman–Crippen LogP) is 3.12. The van der Waals surface area contributed by atoms with E-state index in [0.717, 1.165) is 17.0 Å². The van der Waals surface area contributed by atoms with Crippen molar-refractivity contribution in [3.05, 3.63) is 48.4 Å². The Bertz CT molecular complexity index is 908. The number of fused-ring (bicyclic) bond motifs is 1. The van der Waals surface area contributed by atoms with E-state index in [1.807, 2.05) is 16.7 Å². The smallest absolute Gasteiger partial charge is 0.322 e. The Hall–Kier alpha value is -1.96. The van der Waals surface area contributed by atoms with Crippen LogP contribution >= 0.6 is 0 Å². The third-order valence-corrected chi connectivity index (χ3v) is 6.13. The Labute approximate surface area is 154 Å². The summed E-state index contributed by atoms with van der Waals surface area (Å²) < 4.78 is 22.0. The molecule has 0 amide bonds. The summed E-state index contributed by atoms with van der Waals surface area (Å²) in [5, 5.41) is 10.6. The molecule has 0 spiro atoms. The van der Waals surface area contributed by atoms with E-state index in [0.29, 0.717) is 30.1 Å². The number of rotatable bonds is 7. The first kappa shape index (κ1) is 18.8. The lowest BCUT2D eigenvalue weighted by molar-refractivity contribution is 0.0916. The van der Waals surface area contributed by atoms with Crippen LogP contribution in [0.25, 0.3) is 22.2 Å². The largest absolute Gasteiger partial charge is 0.448 e. The van der Waals surface area contributed by atoms with Gasteiger partial charge in [-0.15, -0.1) is 0 Å². The molecule has 0 fully saturated rings. The van der Waals surface area contributed by atoms with Gasteiger partial charge in [0.05, 0.1) is 0 Å². The first-order valence-corrected chi connectivity index (χ1v) is 12.5. The second kappa shape index (κ2) is 7.74. The van der Waals surface area contributed by atoms with Crippen LogP contribution in [-0.2, 0) is 11.5 Å². The van der Waals surface area contributed by atoms with Gasteiger partial charge in [-0.1, -0.05) is 37.8 Å². The molecule has 3 aromatic rings. The number of pyridine rings is 1. The number of nitrogens with zero attached hydrogens (tertiary/aromatic N) is 2. The average Bonchev–Trinajstić information content (AvgIpc) is 2.96. The first-order valence-electron chi connectivity index (χ1n) is 8.81. The van der Waals surface area contributed by atoms with Crippen molar-refractivity contribution in [3.63, 3.8) is 0 Å². The second-order valence-electron chi connectivity index (χ2n) is 7.65. The second-order valence-corrected chi connectivity index (χ2v) is 13.3. The number of halogens is 1. The van der Waals surface area contributed by atoms with Crippen LogP contribution in [0.1, 0.15) is 0 Å². The van der Waals surface area contributed by atoms with Crippen molar-refractivity contribution < 1.29 is 14.2 Å². The summed E-state index contributed by atoms with van der Waals surface area (Å²) >= 11 is 0. The van der Waals surface area contributed by atoms with E-state index in [2.05, 4.69) is 24.6 Å². The van der Waals surface area contributed by atoms with Crippen molar-refractivity contribution in [1.82, 2.24) is 9.55 Å². The van der Waals surface area contributed by atoms with E-state index in [-0.39, 0.29) is 13.3 Å². The van der Waals surface area contributed by atoms with Crippen LogP contribution in [0, 0.1) is 5.82 Å². The number of ether oxygens (including phenoxy) is 1. The van der Waals surface area contributed by atoms with Gasteiger partial charge in [0.15, 0.2) is 0 Å². The van der Waals surface area contributed by atoms with Crippen molar-refractivity contribution in [2.75, 3.05) is 6.61 Å². The third kappa shape index (κ3) is 4.06. The highest BCUT2D eigenvalue weighted by Crippen LogP contribution is 2.29. The Kier molecular flexibility index (Phi) is 5.60. The zero-order valence-electron chi connectivity index (χ0n) is 15.5. The fraction of sp³-hybridized carbons (Fsp3) is 0.316. The number of aromatic nitrogens is 2. The van der Waals surface area contributed by atoms with Gasteiger partial charge in [0.1, 0.15) is 18.2 Å². The molecule has 3 rings (SSSR count). The highest BCUT2D eigenvalue weighted by molar-refractivity contribution is 6.76. The predicted molar refractivity (Wildman–Crippen MR) is 108 cm³/mol. The van der Waals surface area contributed by atoms with Crippen LogP contribution < -0.4 is 5.59 Å². The van der Waals surface area contributed by atoms with Crippen molar-refractivity contribution >= 4 is 32.2 Å². The lowest BCUT2D eigenvalue weighted by Crippen LogP contribution is -2.26. The van der Waals surface area contributed by atoms with Crippen LogP contribution in [0.15, 0.2) is 42.6 Å². The Morgan fingerprint density at radius 2 is 1.96 bits per heavy atom. The van der Waals surface area contributed by atoms with E-state index in [1.54, 1.807) is 24.4 Å². The quantitative estimate of drug-likeness (QED) is 0.514. The van der Waals surface area contributed by atoms with Crippen LogP contribution in [0.2, 0.25) is 25.7 Å². The molecule has 0 bridgehead atoms. The maximum absolute atomic E-state index is 14.3. The summed E-state index contributed by atoms with van der Waals surface area (Å²) in [4.78, 5) is 4.45. The van der Waals surface area contributed by atoms with E-state index in [4.69, 9.17) is 4.74 Å². The van der Waals surface area contributed by atoms with Gasteiger partial charge in [-0.2, -0.15) is 0 Å². The van der Waals surface area contributed by atoms with Gasteiger partial charge < -0.3 is 14.3 Å². The fourth-order valence-electron chi connectivity index (χ4n) is 2.92. The molecular formula is C19H24BFN2O2Si. The molecule has 4 nitrogen and oxygen atoms in total. The molecule has 26 heavy (non-hydrogen) atoms. The summed E-state index contributed by atoms with van der Waals surface area (Å²) in [6.45, 7) is 7.94. The molecule has 1 N–H and O–H groups in total. The first-order chi connectivity index (χ1) is 12.4. The van der Waals surface area contributed by atoms with Gasteiger partial charge in [0.25, 0.3) is 0 Å². The average molecular weight is 370 g/mol. The summed E-state index contributed by atoms with van der Waals surface area (Å²) in [6, 6.07) is 11.4. The molecule has 0 atom stereocenters. The minimum absolute atomic E-state index is 0.121. The molecule has 0 unspecified atom stereocenters. The van der Waals surface area contributed by atoms with Crippen LogP contribution in [0.5, 0.6) is 0 Å². The molecule has 0 saturated carbocycles. The summed E-state index contributed by atoms with van der Waals surface area (Å²) in [7, 11) is -1.28. The lowest BCUT2D eigenvalue weighted by Gasteiger charge is -2.16. The van der Waals surface area contributed by atoms with Gasteiger partial charge in [0.2, 0.25) is 0 Å². The van der Waals surface area contributed by atoms with E-state index in [9.17, 15) is 9.41 Å². The van der Waals surface area contributed by atoms with Crippen molar-refractivity contribution in [3.8, 4) is 11.1 Å². The highest BCUT2D eigenvalue weighted by Gasteiger charge is 2.17. The molecule has 0 radical (unpaired) electrons. The zero-order chi connectivity index (χ0) is 18.7.